The van der Waals surface area contributed by atoms with Gasteiger partial charge < -0.3 is 4.90 Å². The van der Waals surface area contributed by atoms with Crippen LogP contribution < -0.4 is 0 Å². The minimum absolute atomic E-state index is 0.579. The van der Waals surface area contributed by atoms with E-state index in [1.165, 1.54) is 24.2 Å². The van der Waals surface area contributed by atoms with Gasteiger partial charge in [0, 0.05) is 18.3 Å². The third-order valence-electron chi connectivity index (χ3n) is 2.35. The second-order valence-electron chi connectivity index (χ2n) is 3.63. The van der Waals surface area contributed by atoms with Crippen LogP contribution in [-0.4, -0.2) is 17.5 Å². The Morgan fingerprint density at radius 3 is 2.58 bits per heavy atom. The molecule has 1 aliphatic rings. The van der Waals surface area contributed by atoms with Crippen LogP contribution in [0.5, 0.6) is 0 Å². The molecule has 0 aromatic carbocycles. The molecule has 1 aliphatic heterocycles. The highest BCUT2D eigenvalue weighted by molar-refractivity contribution is 5.27. The molecule has 12 heavy (non-hydrogen) atoms. The zero-order chi connectivity index (χ0) is 9.14. The molecule has 0 aromatic rings. The van der Waals surface area contributed by atoms with Gasteiger partial charge in [-0.3, -0.25) is 0 Å². The molecule has 1 rings (SSSR count). The van der Waals surface area contributed by atoms with Crippen LogP contribution in [0.3, 0.4) is 0 Å². The fourth-order valence-electron chi connectivity index (χ4n) is 1.87. The summed E-state index contributed by atoms with van der Waals surface area (Å²) < 4.78 is 0. The van der Waals surface area contributed by atoms with Crippen LogP contribution in [0.25, 0.3) is 0 Å². The van der Waals surface area contributed by atoms with Gasteiger partial charge in [0.1, 0.15) is 0 Å². The molecule has 0 radical (unpaired) electrons. The molecule has 1 nitrogen and oxygen atoms in total. The summed E-state index contributed by atoms with van der Waals surface area (Å²) in [6.07, 6.45) is 5.81. The van der Waals surface area contributed by atoms with E-state index in [2.05, 4.69) is 44.7 Å². The fraction of sp³-hybridized carbons (Fsp3) is 0.636. The Labute approximate surface area is 75.8 Å². The topological polar surface area (TPSA) is 3.24 Å². The van der Waals surface area contributed by atoms with Gasteiger partial charge in [-0.2, -0.15) is 0 Å². The lowest BCUT2D eigenvalue weighted by molar-refractivity contribution is 0.302. The molecule has 0 fully saturated rings. The molecular weight excluding hydrogens is 146 g/mol. The smallest absolute Gasteiger partial charge is 0.0447 e. The second-order valence-corrected chi connectivity index (χ2v) is 3.63. The summed E-state index contributed by atoms with van der Waals surface area (Å²) >= 11 is 0. The van der Waals surface area contributed by atoms with E-state index in [0.717, 1.165) is 0 Å². The lowest BCUT2D eigenvalue weighted by Gasteiger charge is -2.33. The maximum atomic E-state index is 2.45. The first kappa shape index (κ1) is 9.37. The molecule has 0 spiro atoms. The van der Waals surface area contributed by atoms with Crippen molar-refractivity contribution in [1.29, 1.82) is 0 Å². The highest BCUT2D eigenvalue weighted by Crippen LogP contribution is 2.19. The van der Waals surface area contributed by atoms with Crippen molar-refractivity contribution in [3.8, 4) is 0 Å². The molecule has 0 bridgehead atoms. The van der Waals surface area contributed by atoms with Crippen LogP contribution in [-0.2, 0) is 0 Å². The number of rotatable bonds is 2. The molecule has 68 valence electrons. The number of hydrogen-bond acceptors (Lipinski definition) is 1. The van der Waals surface area contributed by atoms with Gasteiger partial charge in [-0.05, 0) is 33.3 Å². The third kappa shape index (κ3) is 1.90. The maximum Gasteiger partial charge on any atom is 0.0447 e. The third-order valence-corrected chi connectivity index (χ3v) is 2.35. The van der Waals surface area contributed by atoms with Gasteiger partial charge >= 0.3 is 0 Å². The minimum Gasteiger partial charge on any atom is -0.369 e. The molecular formula is C11H19N. The molecule has 1 atom stereocenters. The zero-order valence-electron chi connectivity index (χ0n) is 8.59. The average molecular weight is 165 g/mol. The SMILES string of the molecule is CCCN1C(C)=CC(C)=CC1C. The van der Waals surface area contributed by atoms with Crippen molar-refractivity contribution in [2.75, 3.05) is 6.54 Å². The summed E-state index contributed by atoms with van der Waals surface area (Å²) in [7, 11) is 0. The molecule has 1 heteroatoms. The van der Waals surface area contributed by atoms with E-state index < -0.39 is 0 Å². The van der Waals surface area contributed by atoms with Crippen LogP contribution in [0.1, 0.15) is 34.1 Å². The number of hydrogen-bond donors (Lipinski definition) is 0. The fourth-order valence-corrected chi connectivity index (χ4v) is 1.87. The summed E-state index contributed by atoms with van der Waals surface area (Å²) in [5, 5.41) is 0. The largest absolute Gasteiger partial charge is 0.369 e. The summed E-state index contributed by atoms with van der Waals surface area (Å²) in [5.41, 5.74) is 2.80. The van der Waals surface area contributed by atoms with Crippen LogP contribution in [0.15, 0.2) is 23.4 Å². The van der Waals surface area contributed by atoms with Gasteiger partial charge in [0.25, 0.3) is 0 Å². The van der Waals surface area contributed by atoms with Crippen LogP contribution in [0.2, 0.25) is 0 Å². The van der Waals surface area contributed by atoms with Crippen molar-refractivity contribution in [1.82, 2.24) is 4.90 Å². The number of nitrogens with zero attached hydrogens (tertiary/aromatic N) is 1. The van der Waals surface area contributed by atoms with Crippen LogP contribution in [0.4, 0.5) is 0 Å². The van der Waals surface area contributed by atoms with Gasteiger partial charge in [0.2, 0.25) is 0 Å². The molecule has 1 heterocycles. The highest BCUT2D eigenvalue weighted by Gasteiger charge is 2.14. The predicted molar refractivity (Wildman–Crippen MR) is 54.0 cm³/mol. The Hall–Kier alpha value is -0.720. The average Bonchev–Trinajstić information content (AvgIpc) is 1.96. The van der Waals surface area contributed by atoms with Crippen molar-refractivity contribution < 1.29 is 0 Å². The molecule has 1 unspecified atom stereocenters. The summed E-state index contributed by atoms with van der Waals surface area (Å²) in [5.74, 6) is 0. The van der Waals surface area contributed by atoms with E-state index in [4.69, 9.17) is 0 Å². The lowest BCUT2D eigenvalue weighted by atomic mass is 10.1. The minimum atomic E-state index is 0.579. The van der Waals surface area contributed by atoms with Crippen molar-refractivity contribution in [2.45, 2.75) is 40.2 Å². The Bertz CT molecular complexity index is 213. The first-order valence-corrected chi connectivity index (χ1v) is 4.78. The Morgan fingerprint density at radius 1 is 1.42 bits per heavy atom. The quantitative estimate of drug-likeness (QED) is 0.608. The van der Waals surface area contributed by atoms with Crippen molar-refractivity contribution in [3.63, 3.8) is 0 Å². The van der Waals surface area contributed by atoms with E-state index >= 15 is 0 Å². The normalized spacial score (nSPS) is 23.7. The van der Waals surface area contributed by atoms with Gasteiger partial charge in [-0.1, -0.05) is 18.6 Å². The van der Waals surface area contributed by atoms with E-state index in [0.29, 0.717) is 6.04 Å². The molecule has 0 aliphatic carbocycles. The summed E-state index contributed by atoms with van der Waals surface area (Å²) in [6.45, 7) is 10.0. The standard InChI is InChI=1S/C11H19N/c1-5-6-12-10(3)7-9(2)8-11(12)4/h7-8,10H,5-6H2,1-4H3. The van der Waals surface area contributed by atoms with Crippen LogP contribution >= 0.6 is 0 Å². The van der Waals surface area contributed by atoms with Crippen molar-refractivity contribution >= 4 is 0 Å². The maximum absolute atomic E-state index is 2.45. The van der Waals surface area contributed by atoms with Crippen LogP contribution in [0, 0.1) is 0 Å². The highest BCUT2D eigenvalue weighted by atomic mass is 15.2. The second kappa shape index (κ2) is 3.79. The van der Waals surface area contributed by atoms with Gasteiger partial charge in [-0.15, -0.1) is 0 Å². The summed E-state index contributed by atoms with van der Waals surface area (Å²) in [6, 6.07) is 0.579. The Kier molecular flexibility index (Phi) is 2.96. The van der Waals surface area contributed by atoms with E-state index in [-0.39, 0.29) is 0 Å². The van der Waals surface area contributed by atoms with E-state index in [1.54, 1.807) is 0 Å². The summed E-state index contributed by atoms with van der Waals surface area (Å²) in [4.78, 5) is 2.45. The first-order valence-electron chi connectivity index (χ1n) is 4.78. The molecule has 0 aromatic heterocycles. The molecule has 0 N–H and O–H groups in total. The lowest BCUT2D eigenvalue weighted by Crippen LogP contribution is -2.32. The molecule has 0 amide bonds. The van der Waals surface area contributed by atoms with Crippen molar-refractivity contribution in [2.24, 2.45) is 0 Å². The Balaban J connectivity index is 2.72. The first-order chi connectivity index (χ1) is 5.65. The monoisotopic (exact) mass is 165 g/mol. The molecule has 0 saturated carbocycles. The van der Waals surface area contributed by atoms with Gasteiger partial charge in [0.15, 0.2) is 0 Å². The van der Waals surface area contributed by atoms with Gasteiger partial charge in [-0.25, -0.2) is 0 Å². The predicted octanol–water partition coefficient (Wildman–Crippen LogP) is 2.95. The zero-order valence-corrected chi connectivity index (χ0v) is 8.59. The van der Waals surface area contributed by atoms with E-state index in [1.807, 2.05) is 0 Å². The Morgan fingerprint density at radius 2 is 2.08 bits per heavy atom. The van der Waals surface area contributed by atoms with E-state index in [9.17, 15) is 0 Å². The number of allylic oxidation sites excluding steroid dienone is 3. The van der Waals surface area contributed by atoms with Gasteiger partial charge in [0.05, 0.1) is 0 Å². The molecule has 0 saturated heterocycles. The van der Waals surface area contributed by atoms with Crippen molar-refractivity contribution in [3.05, 3.63) is 23.4 Å².